The summed E-state index contributed by atoms with van der Waals surface area (Å²) in [7, 11) is 1.56. The number of pyridine rings is 1. The van der Waals surface area contributed by atoms with Gasteiger partial charge in [-0.05, 0) is 76.7 Å². The number of hydrogen-bond acceptors (Lipinski definition) is 4. The number of nitrogens with zero attached hydrogens (tertiary/aromatic N) is 2. The molecule has 0 saturated carbocycles. The van der Waals surface area contributed by atoms with Gasteiger partial charge >= 0.3 is 0 Å². The molecule has 0 spiro atoms. The number of methoxy groups -OCH3 is 1. The van der Waals surface area contributed by atoms with Crippen molar-refractivity contribution in [2.45, 2.75) is 52.5 Å². The van der Waals surface area contributed by atoms with Gasteiger partial charge < -0.3 is 14.3 Å². The Bertz CT molecular complexity index is 1450. The second-order valence-corrected chi connectivity index (χ2v) is 10.6. The number of fused-ring (bicyclic) bond motifs is 1. The molecule has 3 aromatic rings. The first-order valence-electron chi connectivity index (χ1n) is 13.8. The van der Waals surface area contributed by atoms with Crippen LogP contribution in [0.2, 0.25) is 0 Å². The Hall–Kier alpha value is -3.64. The number of carbonyl (C=O) groups is 1. The van der Waals surface area contributed by atoms with Crippen molar-refractivity contribution in [3.8, 4) is 5.75 Å². The molecule has 2 aromatic heterocycles. The Labute approximate surface area is 231 Å². The number of aromatic amines is 1. The maximum atomic E-state index is 13.7. The molecule has 0 radical (unpaired) electrons. The minimum absolute atomic E-state index is 0.0532. The Kier molecular flexibility index (Phi) is 9.08. The van der Waals surface area contributed by atoms with Gasteiger partial charge in [0.05, 0.1) is 12.7 Å². The third-order valence-corrected chi connectivity index (χ3v) is 8.21. The maximum Gasteiger partial charge on any atom is 0.255 e. The summed E-state index contributed by atoms with van der Waals surface area (Å²) in [5.74, 6) is 1.10. The molecule has 1 aliphatic heterocycles. The number of aromatic nitrogens is 2. The van der Waals surface area contributed by atoms with Gasteiger partial charge in [-0.1, -0.05) is 49.6 Å². The van der Waals surface area contributed by atoms with Crippen molar-refractivity contribution in [1.82, 2.24) is 14.5 Å². The van der Waals surface area contributed by atoms with Gasteiger partial charge in [-0.2, -0.15) is 0 Å². The van der Waals surface area contributed by atoms with E-state index < -0.39 is 0 Å². The highest BCUT2D eigenvalue weighted by molar-refractivity contribution is 6.09. The molecule has 1 saturated heterocycles. The molecule has 1 aliphatic rings. The van der Waals surface area contributed by atoms with E-state index in [4.69, 9.17) is 4.74 Å². The minimum Gasteiger partial charge on any atom is -0.496 e. The molecule has 0 aliphatic carbocycles. The molecule has 1 aromatic carbocycles. The van der Waals surface area contributed by atoms with Gasteiger partial charge in [0.2, 0.25) is 0 Å². The zero-order chi connectivity index (χ0) is 28.1. The number of ether oxygens (including phenoxy) is 1. The average Bonchev–Trinajstić information content (AvgIpc) is 3.23. The number of carbonyl (C=O) groups excluding carboxylic acids is 1. The van der Waals surface area contributed by atoms with Crippen LogP contribution in [0, 0.1) is 19.8 Å². The number of H-pyrrole nitrogens is 1. The van der Waals surface area contributed by atoms with E-state index in [2.05, 4.69) is 47.5 Å². The predicted molar refractivity (Wildman–Crippen MR) is 160 cm³/mol. The zero-order valence-electron chi connectivity index (χ0n) is 23.8. The number of hydrogen-bond donors (Lipinski definition) is 1. The number of likely N-dealkylation sites (tertiary alicyclic amines) is 1. The first-order valence-corrected chi connectivity index (χ1v) is 13.8. The van der Waals surface area contributed by atoms with Crippen LogP contribution in [0.5, 0.6) is 5.75 Å². The summed E-state index contributed by atoms with van der Waals surface area (Å²) in [5.41, 5.74) is 5.12. The van der Waals surface area contributed by atoms with Crippen LogP contribution in [0.15, 0.2) is 72.1 Å². The van der Waals surface area contributed by atoms with Crippen LogP contribution in [0.1, 0.15) is 59.5 Å². The lowest BCUT2D eigenvalue weighted by Crippen LogP contribution is -2.37. The van der Waals surface area contributed by atoms with Gasteiger partial charge in [-0.3, -0.25) is 14.5 Å². The molecule has 6 heteroatoms. The first kappa shape index (κ1) is 28.4. The molecule has 206 valence electrons. The molecule has 4 rings (SSSR count). The van der Waals surface area contributed by atoms with Crippen LogP contribution < -0.4 is 10.3 Å². The molecule has 39 heavy (non-hydrogen) atoms. The van der Waals surface area contributed by atoms with Crippen molar-refractivity contribution >= 4 is 16.7 Å². The fourth-order valence-electron chi connectivity index (χ4n) is 6.14. The SMILES string of the molecule is C=C/C=C(\C=C)CN1CCC([C@@H](C)n2c(C)c(C(=O)CCc3c(OC)cc(C)[nH]c3=O)c3ccccc32)CC1. The Morgan fingerprint density at radius 3 is 2.59 bits per heavy atom. The van der Waals surface area contributed by atoms with E-state index in [-0.39, 0.29) is 23.8 Å². The Morgan fingerprint density at radius 2 is 1.92 bits per heavy atom. The van der Waals surface area contributed by atoms with Crippen LogP contribution >= 0.6 is 0 Å². The number of piperidine rings is 1. The third-order valence-electron chi connectivity index (χ3n) is 8.21. The molecule has 3 heterocycles. The molecular formula is C33H41N3O3. The van der Waals surface area contributed by atoms with Gasteiger partial charge in [-0.25, -0.2) is 0 Å². The van der Waals surface area contributed by atoms with Crippen molar-refractivity contribution in [1.29, 1.82) is 0 Å². The highest BCUT2D eigenvalue weighted by Gasteiger charge is 2.29. The number of nitrogens with one attached hydrogen (secondary N) is 1. The monoisotopic (exact) mass is 527 g/mol. The van der Waals surface area contributed by atoms with Crippen molar-refractivity contribution in [2.24, 2.45) is 5.92 Å². The first-order chi connectivity index (χ1) is 18.8. The normalized spacial score (nSPS) is 15.8. The molecule has 0 amide bonds. The summed E-state index contributed by atoms with van der Waals surface area (Å²) in [6.07, 6.45) is 8.54. The average molecular weight is 528 g/mol. The second kappa shape index (κ2) is 12.5. The summed E-state index contributed by atoms with van der Waals surface area (Å²) in [6.45, 7) is 16.9. The predicted octanol–water partition coefficient (Wildman–Crippen LogP) is 6.34. The van der Waals surface area contributed by atoms with Gasteiger partial charge in [0, 0.05) is 46.9 Å². The fourth-order valence-corrected chi connectivity index (χ4v) is 6.14. The van der Waals surface area contributed by atoms with Gasteiger partial charge in [-0.15, -0.1) is 0 Å². The Balaban J connectivity index is 1.55. The van der Waals surface area contributed by atoms with Crippen molar-refractivity contribution < 1.29 is 9.53 Å². The van der Waals surface area contributed by atoms with E-state index in [0.29, 0.717) is 23.7 Å². The third kappa shape index (κ3) is 6.01. The maximum absolute atomic E-state index is 13.7. The number of ketones is 1. The molecule has 6 nitrogen and oxygen atoms in total. The van der Waals surface area contributed by atoms with Crippen molar-refractivity contribution in [3.63, 3.8) is 0 Å². The second-order valence-electron chi connectivity index (χ2n) is 10.6. The van der Waals surface area contributed by atoms with Gasteiger partial charge in [0.25, 0.3) is 5.56 Å². The fraction of sp³-hybridized carbons (Fsp3) is 0.394. The van der Waals surface area contributed by atoms with E-state index in [1.807, 2.05) is 43.4 Å². The summed E-state index contributed by atoms with van der Waals surface area (Å²) in [6, 6.07) is 10.3. The zero-order valence-corrected chi connectivity index (χ0v) is 23.8. The van der Waals surface area contributed by atoms with Crippen LogP contribution in [0.3, 0.4) is 0 Å². The molecule has 1 atom stereocenters. The van der Waals surface area contributed by atoms with Crippen LogP contribution in [0.25, 0.3) is 10.9 Å². The van der Waals surface area contributed by atoms with Crippen molar-refractivity contribution in [3.05, 3.63) is 100 Å². The number of para-hydroxylation sites is 1. The molecule has 0 unspecified atom stereocenters. The molecule has 1 fully saturated rings. The summed E-state index contributed by atoms with van der Waals surface area (Å²) in [5, 5.41) is 0.985. The van der Waals surface area contributed by atoms with Crippen LogP contribution in [-0.2, 0) is 6.42 Å². The number of Topliss-reactive ketones (excluding diaryl/α,β-unsaturated/α-hetero) is 1. The number of benzene rings is 1. The minimum atomic E-state index is -0.195. The largest absolute Gasteiger partial charge is 0.496 e. The summed E-state index contributed by atoms with van der Waals surface area (Å²) >= 11 is 0. The van der Waals surface area contributed by atoms with E-state index in [1.54, 1.807) is 13.2 Å². The summed E-state index contributed by atoms with van der Waals surface area (Å²) < 4.78 is 7.81. The number of aryl methyl sites for hydroxylation is 1. The smallest absolute Gasteiger partial charge is 0.255 e. The number of rotatable bonds is 11. The highest BCUT2D eigenvalue weighted by Crippen LogP contribution is 2.36. The van der Waals surface area contributed by atoms with Gasteiger partial charge in [0.15, 0.2) is 5.78 Å². The standard InChI is InChI=1S/C33H41N3O3/c1-7-11-25(8-2)21-35-18-16-26(17-19-35)23(4)36-24(5)32(27-12-9-10-13-29(27)36)30(37)15-14-28-31(39-6)20-22(3)34-33(28)38/h7-13,20,23,26H,1-2,14-19,21H2,3-6H3,(H,34,38)/b25-11+/t23-/m1/s1. The topological polar surface area (TPSA) is 67.3 Å². The van der Waals surface area contributed by atoms with Crippen molar-refractivity contribution in [2.75, 3.05) is 26.7 Å². The summed E-state index contributed by atoms with van der Waals surface area (Å²) in [4.78, 5) is 31.6. The lowest BCUT2D eigenvalue weighted by molar-refractivity contribution is 0.0983. The molecule has 0 bridgehead atoms. The van der Waals surface area contributed by atoms with E-state index >= 15 is 0 Å². The Morgan fingerprint density at radius 1 is 1.21 bits per heavy atom. The highest BCUT2D eigenvalue weighted by atomic mass is 16.5. The van der Waals surface area contributed by atoms with E-state index in [1.165, 1.54) is 5.57 Å². The van der Waals surface area contributed by atoms with Crippen LogP contribution in [0.4, 0.5) is 0 Å². The molecule has 1 N–H and O–H groups in total. The lowest BCUT2D eigenvalue weighted by Gasteiger charge is -2.36. The lowest BCUT2D eigenvalue weighted by atomic mass is 9.89. The number of allylic oxidation sites excluding steroid dienone is 2. The van der Waals surface area contributed by atoms with E-state index in [0.717, 1.165) is 60.3 Å². The van der Waals surface area contributed by atoms with Crippen LogP contribution in [-0.4, -0.2) is 47.0 Å². The van der Waals surface area contributed by atoms with Gasteiger partial charge in [0.1, 0.15) is 5.75 Å². The molecular weight excluding hydrogens is 486 g/mol. The quantitative estimate of drug-likeness (QED) is 0.233. The van der Waals surface area contributed by atoms with E-state index in [9.17, 15) is 9.59 Å².